The first-order valence-electron chi connectivity index (χ1n) is 3.80. The van der Waals surface area contributed by atoms with Gasteiger partial charge in [-0.2, -0.15) is 0 Å². The van der Waals surface area contributed by atoms with E-state index in [1.807, 2.05) is 0 Å². The van der Waals surface area contributed by atoms with Gasteiger partial charge in [0, 0.05) is 6.20 Å². The first kappa shape index (κ1) is 13.9. The molecule has 0 saturated heterocycles. The highest BCUT2D eigenvalue weighted by atomic mass is 79.9. The van der Waals surface area contributed by atoms with Gasteiger partial charge in [0.2, 0.25) is 0 Å². The van der Waals surface area contributed by atoms with E-state index in [1.165, 1.54) is 0 Å². The SMILES string of the molecule is NS(=O)(=O)c1ncc(C(F)F)c([N+](=O)[O-])c1Br. The number of aromatic nitrogens is 1. The zero-order chi connectivity index (χ0) is 13.4. The molecule has 1 aromatic rings. The number of hydrogen-bond donors (Lipinski definition) is 1. The molecule has 0 aliphatic carbocycles. The molecule has 0 amide bonds. The van der Waals surface area contributed by atoms with Gasteiger partial charge in [-0.3, -0.25) is 10.1 Å². The highest BCUT2D eigenvalue weighted by Gasteiger charge is 2.31. The summed E-state index contributed by atoms with van der Waals surface area (Å²) in [6.45, 7) is 0. The van der Waals surface area contributed by atoms with Gasteiger partial charge in [0.25, 0.3) is 22.1 Å². The lowest BCUT2D eigenvalue weighted by Gasteiger charge is -2.06. The van der Waals surface area contributed by atoms with Crippen LogP contribution in [0.3, 0.4) is 0 Å². The second-order valence-electron chi connectivity index (χ2n) is 2.78. The number of nitro groups is 1. The molecule has 0 atom stereocenters. The third kappa shape index (κ3) is 2.73. The van der Waals surface area contributed by atoms with Gasteiger partial charge < -0.3 is 0 Å². The average molecular weight is 332 g/mol. The van der Waals surface area contributed by atoms with Crippen LogP contribution < -0.4 is 5.14 Å². The molecule has 1 aromatic heterocycles. The highest BCUT2D eigenvalue weighted by molar-refractivity contribution is 9.10. The molecule has 0 spiro atoms. The number of nitrogens with two attached hydrogens (primary N) is 1. The number of halogens is 3. The van der Waals surface area contributed by atoms with Crippen molar-refractivity contribution in [1.29, 1.82) is 0 Å². The Morgan fingerprint density at radius 3 is 2.41 bits per heavy atom. The molecule has 0 bridgehead atoms. The van der Waals surface area contributed by atoms with Gasteiger partial charge in [-0.25, -0.2) is 27.3 Å². The van der Waals surface area contributed by atoms with Crippen molar-refractivity contribution in [3.63, 3.8) is 0 Å². The number of rotatable bonds is 3. The molecular formula is C6H4BrF2N3O4S. The summed E-state index contributed by atoms with van der Waals surface area (Å²) in [5, 5.41) is 14.5. The summed E-state index contributed by atoms with van der Waals surface area (Å²) >= 11 is 2.54. The molecule has 0 saturated carbocycles. The number of hydrogen-bond acceptors (Lipinski definition) is 5. The Morgan fingerprint density at radius 2 is 2.06 bits per heavy atom. The lowest BCUT2D eigenvalue weighted by Crippen LogP contribution is -2.16. The summed E-state index contributed by atoms with van der Waals surface area (Å²) in [6.07, 6.45) is -2.75. The number of nitrogens with zero attached hydrogens (tertiary/aromatic N) is 2. The minimum absolute atomic E-state index is 0.410. The fraction of sp³-hybridized carbons (Fsp3) is 0.167. The van der Waals surface area contributed by atoms with Crippen LogP contribution >= 0.6 is 15.9 Å². The van der Waals surface area contributed by atoms with Gasteiger partial charge in [-0.05, 0) is 15.9 Å². The standard InChI is InChI=1S/C6H4BrF2N3O4S/c7-3-4(12(13)14)2(5(8)9)1-11-6(3)17(10,15)16/h1,5H,(H2,10,15,16). The lowest BCUT2D eigenvalue weighted by atomic mass is 10.2. The first-order valence-corrected chi connectivity index (χ1v) is 6.14. The fourth-order valence-electron chi connectivity index (χ4n) is 1.02. The molecule has 0 aliphatic heterocycles. The monoisotopic (exact) mass is 331 g/mol. The van der Waals surface area contributed by atoms with Crippen LogP contribution in [-0.4, -0.2) is 18.3 Å². The first-order chi connectivity index (χ1) is 7.66. The Bertz CT molecular complexity index is 577. The summed E-state index contributed by atoms with van der Waals surface area (Å²) in [4.78, 5) is 12.6. The third-order valence-electron chi connectivity index (χ3n) is 1.68. The maximum absolute atomic E-state index is 12.5. The van der Waals surface area contributed by atoms with Crippen molar-refractivity contribution in [2.75, 3.05) is 0 Å². The second-order valence-corrected chi connectivity index (χ2v) is 5.05. The van der Waals surface area contributed by atoms with Gasteiger partial charge in [0.1, 0.15) is 10.0 Å². The molecule has 0 fully saturated rings. The van der Waals surface area contributed by atoms with E-state index in [2.05, 4.69) is 20.9 Å². The van der Waals surface area contributed by atoms with Crippen LogP contribution in [0.4, 0.5) is 14.5 Å². The van der Waals surface area contributed by atoms with Gasteiger partial charge >= 0.3 is 0 Å². The van der Waals surface area contributed by atoms with Crippen molar-refractivity contribution in [1.82, 2.24) is 4.98 Å². The molecule has 0 unspecified atom stereocenters. The Balaban J connectivity index is 3.67. The summed E-state index contributed by atoms with van der Waals surface area (Å²) in [5.41, 5.74) is -2.06. The molecule has 0 radical (unpaired) electrons. The number of primary sulfonamides is 1. The van der Waals surface area contributed by atoms with E-state index in [0.29, 0.717) is 6.20 Å². The van der Waals surface area contributed by atoms with Crippen LogP contribution in [0, 0.1) is 10.1 Å². The maximum Gasteiger partial charge on any atom is 0.296 e. The van der Waals surface area contributed by atoms with Crippen LogP contribution in [0.15, 0.2) is 15.7 Å². The summed E-state index contributed by atoms with van der Waals surface area (Å²) in [6, 6.07) is 0. The molecule has 17 heavy (non-hydrogen) atoms. The third-order valence-corrected chi connectivity index (χ3v) is 3.54. The van der Waals surface area contributed by atoms with E-state index in [-0.39, 0.29) is 0 Å². The largest absolute Gasteiger partial charge is 0.296 e. The summed E-state index contributed by atoms with van der Waals surface area (Å²) in [5.74, 6) is 0. The van der Waals surface area contributed by atoms with Gasteiger partial charge in [-0.1, -0.05) is 0 Å². The Morgan fingerprint density at radius 1 is 1.53 bits per heavy atom. The number of pyridine rings is 1. The molecule has 7 nitrogen and oxygen atoms in total. The fourth-order valence-corrected chi connectivity index (χ4v) is 2.72. The van der Waals surface area contributed by atoms with Crippen LogP contribution in [-0.2, 0) is 10.0 Å². The molecule has 1 heterocycles. The molecule has 0 aliphatic rings. The normalized spacial score (nSPS) is 11.8. The number of sulfonamides is 1. The van der Waals surface area contributed by atoms with Crippen LogP contribution in [0.1, 0.15) is 12.0 Å². The quantitative estimate of drug-likeness (QED) is 0.662. The topological polar surface area (TPSA) is 116 Å². The molecular weight excluding hydrogens is 328 g/mol. The maximum atomic E-state index is 12.5. The van der Waals surface area contributed by atoms with Crippen LogP contribution in [0.25, 0.3) is 0 Å². The Kier molecular flexibility index (Phi) is 3.74. The average Bonchev–Trinajstić information content (AvgIpc) is 2.13. The van der Waals surface area contributed by atoms with Crippen molar-refractivity contribution in [2.24, 2.45) is 5.14 Å². The molecule has 1 rings (SSSR count). The van der Waals surface area contributed by atoms with Crippen molar-refractivity contribution in [2.45, 2.75) is 11.5 Å². The predicted octanol–water partition coefficient (Wildman–Crippen LogP) is 1.34. The van der Waals surface area contributed by atoms with Crippen LogP contribution in [0.2, 0.25) is 0 Å². The van der Waals surface area contributed by atoms with Crippen LogP contribution in [0.5, 0.6) is 0 Å². The molecule has 2 N–H and O–H groups in total. The van der Waals surface area contributed by atoms with Crippen molar-refractivity contribution >= 4 is 31.6 Å². The highest BCUT2D eigenvalue weighted by Crippen LogP contribution is 2.37. The van der Waals surface area contributed by atoms with Gasteiger partial charge in [0.05, 0.1) is 4.92 Å². The van der Waals surface area contributed by atoms with E-state index in [4.69, 9.17) is 5.14 Å². The second kappa shape index (κ2) is 4.58. The zero-order valence-corrected chi connectivity index (χ0v) is 10.2. The number of alkyl halides is 2. The van der Waals surface area contributed by atoms with E-state index >= 15 is 0 Å². The smallest absolute Gasteiger partial charge is 0.258 e. The minimum atomic E-state index is -4.34. The van der Waals surface area contributed by atoms with E-state index in [9.17, 15) is 27.3 Å². The van der Waals surface area contributed by atoms with Crippen molar-refractivity contribution in [3.8, 4) is 0 Å². The summed E-state index contributed by atoms with van der Waals surface area (Å²) in [7, 11) is -4.34. The van der Waals surface area contributed by atoms with E-state index in [0.717, 1.165) is 0 Å². The van der Waals surface area contributed by atoms with E-state index in [1.54, 1.807) is 0 Å². The van der Waals surface area contributed by atoms with Gasteiger partial charge in [-0.15, -0.1) is 0 Å². The van der Waals surface area contributed by atoms with Crippen molar-refractivity contribution < 1.29 is 22.1 Å². The molecule has 0 aromatic carbocycles. The Hall–Kier alpha value is -1.20. The zero-order valence-electron chi connectivity index (χ0n) is 7.80. The Labute approximate surface area is 102 Å². The van der Waals surface area contributed by atoms with Gasteiger partial charge in [0.15, 0.2) is 5.03 Å². The molecule has 94 valence electrons. The predicted molar refractivity (Wildman–Crippen MR) is 54.9 cm³/mol. The van der Waals surface area contributed by atoms with E-state index < -0.39 is 42.1 Å². The molecule has 11 heteroatoms. The van der Waals surface area contributed by atoms with Crippen molar-refractivity contribution in [3.05, 3.63) is 26.3 Å². The minimum Gasteiger partial charge on any atom is -0.258 e. The lowest BCUT2D eigenvalue weighted by molar-refractivity contribution is -0.387. The summed E-state index contributed by atoms with van der Waals surface area (Å²) < 4.78 is 46.2.